The molecule has 0 unspecified atom stereocenters. The number of alkyl halides is 2. The minimum atomic E-state index is -2.85. The second-order valence-electron chi connectivity index (χ2n) is 6.31. The van der Waals surface area contributed by atoms with E-state index in [0.717, 1.165) is 21.5 Å². The molecule has 6 nitrogen and oxygen atoms in total. The molecule has 1 N–H and O–H groups in total. The number of nitrogens with one attached hydrogen (secondary N) is 1. The molecule has 0 amide bonds. The molecule has 3 aromatic rings. The third-order valence-electron chi connectivity index (χ3n) is 4.39. The third kappa shape index (κ3) is 4.24. The number of thiazole rings is 1. The zero-order valence-corrected chi connectivity index (χ0v) is 16.3. The van der Waals surface area contributed by atoms with E-state index in [-0.39, 0.29) is 22.7 Å². The molecule has 148 valence electrons. The number of fused-ring (bicyclic) bond motifs is 1. The summed E-state index contributed by atoms with van der Waals surface area (Å²) in [4.78, 5) is 33.0. The number of hydrogen-bond acceptors (Lipinski definition) is 6. The Bertz CT molecular complexity index is 1030. The van der Waals surface area contributed by atoms with Crippen molar-refractivity contribution in [3.05, 3.63) is 52.1 Å². The maximum absolute atomic E-state index is 13.2. The normalized spacial score (nSPS) is 12.5. The molecule has 28 heavy (non-hydrogen) atoms. The van der Waals surface area contributed by atoms with Crippen LogP contribution in [0.2, 0.25) is 0 Å². The zero-order valence-electron chi connectivity index (χ0n) is 15.5. The van der Waals surface area contributed by atoms with E-state index < -0.39 is 23.9 Å². The van der Waals surface area contributed by atoms with Gasteiger partial charge in [-0.2, -0.15) is 0 Å². The first-order chi connectivity index (χ1) is 13.4. The highest BCUT2D eigenvalue weighted by Gasteiger charge is 2.21. The monoisotopic (exact) mass is 406 g/mol. The molecule has 0 aliphatic heterocycles. The summed E-state index contributed by atoms with van der Waals surface area (Å²) in [5.41, 5.74) is 0.504. The van der Waals surface area contributed by atoms with Crippen molar-refractivity contribution in [2.45, 2.75) is 45.7 Å². The van der Waals surface area contributed by atoms with Crippen molar-refractivity contribution in [1.82, 2.24) is 14.5 Å². The molecule has 0 aliphatic rings. The Labute approximate surface area is 164 Å². The number of aryl methyl sites for hydroxylation is 1. The summed E-state index contributed by atoms with van der Waals surface area (Å²) in [6.45, 7) is 3.39. The number of benzene rings is 1. The van der Waals surface area contributed by atoms with Crippen molar-refractivity contribution in [2.75, 3.05) is 5.32 Å². The molecular formula is C19H20F2N4O2S. The summed E-state index contributed by atoms with van der Waals surface area (Å²) in [7, 11) is 0. The Morgan fingerprint density at radius 3 is 2.61 bits per heavy atom. The quantitative estimate of drug-likeness (QED) is 0.616. The average Bonchev–Trinajstić information content (AvgIpc) is 3.09. The Morgan fingerprint density at radius 1 is 1.25 bits per heavy atom. The summed E-state index contributed by atoms with van der Waals surface area (Å²) < 4.78 is 27.3. The second kappa shape index (κ2) is 8.55. The lowest BCUT2D eigenvalue weighted by Gasteiger charge is -2.11. The van der Waals surface area contributed by atoms with Crippen LogP contribution in [0, 0.1) is 0 Å². The van der Waals surface area contributed by atoms with E-state index in [1.165, 1.54) is 0 Å². The Balaban J connectivity index is 1.75. The van der Waals surface area contributed by atoms with Gasteiger partial charge in [0, 0.05) is 13.0 Å². The first-order valence-corrected chi connectivity index (χ1v) is 9.75. The van der Waals surface area contributed by atoms with Crippen LogP contribution in [0.4, 0.5) is 13.9 Å². The molecule has 0 bridgehead atoms. The van der Waals surface area contributed by atoms with Crippen LogP contribution in [-0.4, -0.2) is 26.4 Å². The van der Waals surface area contributed by atoms with Crippen LogP contribution >= 0.6 is 11.3 Å². The third-order valence-corrected chi connectivity index (χ3v) is 5.27. The van der Waals surface area contributed by atoms with Crippen LogP contribution < -0.4 is 10.9 Å². The smallest absolute Gasteiger partial charge is 0.295 e. The van der Waals surface area contributed by atoms with Crippen molar-refractivity contribution in [3.63, 3.8) is 0 Å². The average molecular weight is 406 g/mol. The van der Waals surface area contributed by atoms with E-state index in [1.807, 2.05) is 30.3 Å². The number of carbonyl (C=O) groups excluding carboxylic acids is 1. The van der Waals surface area contributed by atoms with Gasteiger partial charge in [-0.3, -0.25) is 14.2 Å². The van der Waals surface area contributed by atoms with Crippen molar-refractivity contribution < 1.29 is 13.6 Å². The lowest BCUT2D eigenvalue weighted by molar-refractivity contribution is -0.119. The molecule has 3 rings (SSSR count). The molecule has 0 saturated heterocycles. The van der Waals surface area contributed by atoms with Crippen LogP contribution in [0.25, 0.3) is 10.3 Å². The first kappa shape index (κ1) is 20.1. The molecule has 9 heteroatoms. The minimum absolute atomic E-state index is 0.00435. The van der Waals surface area contributed by atoms with E-state index in [9.17, 15) is 18.4 Å². The molecular weight excluding hydrogens is 386 g/mol. The highest BCUT2D eigenvalue weighted by molar-refractivity contribution is 7.21. The molecule has 0 spiro atoms. The van der Waals surface area contributed by atoms with Gasteiger partial charge in [0.2, 0.25) is 0 Å². The summed E-state index contributed by atoms with van der Waals surface area (Å²) in [6, 6.07) is 9.17. The number of carbonyl (C=O) groups is 1. The summed E-state index contributed by atoms with van der Waals surface area (Å²) in [6.07, 6.45) is -1.86. The van der Waals surface area contributed by atoms with Gasteiger partial charge in [0.1, 0.15) is 0 Å². The molecule has 1 aromatic carbocycles. The lowest BCUT2D eigenvalue weighted by atomic mass is 10.0. The Hall–Kier alpha value is -2.68. The van der Waals surface area contributed by atoms with Gasteiger partial charge in [-0.1, -0.05) is 41.7 Å². The number of rotatable bonds is 8. The van der Waals surface area contributed by atoms with E-state index >= 15 is 0 Å². The fraction of sp³-hybridized carbons (Fsp3) is 0.368. The van der Waals surface area contributed by atoms with Gasteiger partial charge in [0.25, 0.3) is 12.0 Å². The highest BCUT2D eigenvalue weighted by Crippen LogP contribution is 2.25. The first-order valence-electron chi connectivity index (χ1n) is 8.93. The summed E-state index contributed by atoms with van der Waals surface area (Å²) in [5.74, 6) is -0.572. The fourth-order valence-electron chi connectivity index (χ4n) is 2.85. The number of Topliss-reactive ketones (excluding diaryl/α,β-unsaturated/α-hetero) is 1. The van der Waals surface area contributed by atoms with Crippen molar-refractivity contribution in [1.29, 1.82) is 0 Å². The minimum Gasteiger partial charge on any atom is -0.352 e. The predicted molar refractivity (Wildman–Crippen MR) is 105 cm³/mol. The van der Waals surface area contributed by atoms with E-state index in [4.69, 9.17) is 0 Å². The fourth-order valence-corrected chi connectivity index (χ4v) is 3.78. The number of anilines is 1. The number of halogens is 2. The molecule has 0 saturated carbocycles. The van der Waals surface area contributed by atoms with Gasteiger partial charge in [0.15, 0.2) is 27.1 Å². The topological polar surface area (TPSA) is 76.9 Å². The van der Waals surface area contributed by atoms with Gasteiger partial charge in [-0.25, -0.2) is 18.7 Å². The zero-order chi connectivity index (χ0) is 20.3. The SMILES string of the molecule is CCn1c(C(F)F)nc2sc(N[C@H](C)C(=O)CCc3ccccc3)nc2c1=O. The van der Waals surface area contributed by atoms with Crippen LogP contribution in [-0.2, 0) is 17.8 Å². The number of aromatic nitrogens is 3. The van der Waals surface area contributed by atoms with Gasteiger partial charge >= 0.3 is 0 Å². The largest absolute Gasteiger partial charge is 0.352 e. The van der Waals surface area contributed by atoms with Crippen molar-refractivity contribution >= 4 is 32.6 Å². The summed E-state index contributed by atoms with van der Waals surface area (Å²) >= 11 is 0.990. The molecule has 1 atom stereocenters. The number of hydrogen-bond donors (Lipinski definition) is 1. The van der Waals surface area contributed by atoms with E-state index in [2.05, 4.69) is 15.3 Å². The second-order valence-corrected chi connectivity index (χ2v) is 7.29. The van der Waals surface area contributed by atoms with Crippen LogP contribution in [0.3, 0.4) is 0 Å². The van der Waals surface area contributed by atoms with Crippen LogP contribution in [0.5, 0.6) is 0 Å². The maximum atomic E-state index is 13.2. The number of ketones is 1. The van der Waals surface area contributed by atoms with Crippen LogP contribution in [0.1, 0.15) is 38.1 Å². The van der Waals surface area contributed by atoms with E-state index in [0.29, 0.717) is 18.0 Å². The molecule has 0 aliphatic carbocycles. The van der Waals surface area contributed by atoms with Gasteiger partial charge in [-0.15, -0.1) is 0 Å². The Morgan fingerprint density at radius 2 is 1.96 bits per heavy atom. The molecule has 0 fully saturated rings. The molecule has 2 heterocycles. The van der Waals surface area contributed by atoms with Gasteiger partial charge < -0.3 is 5.32 Å². The Kier molecular flexibility index (Phi) is 6.13. The van der Waals surface area contributed by atoms with Gasteiger partial charge in [0.05, 0.1) is 6.04 Å². The maximum Gasteiger partial charge on any atom is 0.295 e. The lowest BCUT2D eigenvalue weighted by Crippen LogP contribution is -2.26. The van der Waals surface area contributed by atoms with Crippen LogP contribution in [0.15, 0.2) is 35.1 Å². The van der Waals surface area contributed by atoms with Gasteiger partial charge in [-0.05, 0) is 25.8 Å². The standard InChI is InChI=1S/C19H20F2N4O2S/c1-3-25-16(15(20)21)24-17-14(18(25)27)23-19(28-17)22-11(2)13(26)10-9-12-7-5-4-6-8-12/h4-8,11,15H,3,9-10H2,1-2H3,(H,22,23)/t11-/m1/s1. The molecule has 0 radical (unpaired) electrons. The summed E-state index contributed by atoms with van der Waals surface area (Å²) in [5, 5.41) is 3.28. The predicted octanol–water partition coefficient (Wildman–Crippen LogP) is 3.81. The number of nitrogens with zero attached hydrogens (tertiary/aromatic N) is 3. The highest BCUT2D eigenvalue weighted by atomic mass is 32.1. The molecule has 2 aromatic heterocycles. The van der Waals surface area contributed by atoms with E-state index in [1.54, 1.807) is 13.8 Å². The van der Waals surface area contributed by atoms with Crippen molar-refractivity contribution in [2.24, 2.45) is 0 Å². The van der Waals surface area contributed by atoms with Crippen molar-refractivity contribution in [3.8, 4) is 0 Å².